The molecule has 7 heteroatoms. The van der Waals surface area contributed by atoms with Crippen LogP contribution in [0.4, 0.5) is 11.4 Å². The summed E-state index contributed by atoms with van der Waals surface area (Å²) in [5.41, 5.74) is 1.29. The van der Waals surface area contributed by atoms with E-state index in [0.29, 0.717) is 5.69 Å². The van der Waals surface area contributed by atoms with E-state index in [1.54, 1.807) is 23.0 Å². The summed E-state index contributed by atoms with van der Waals surface area (Å²) in [6.07, 6.45) is 3.64. The molecule has 1 heterocycles. The van der Waals surface area contributed by atoms with Crippen LogP contribution in [0.15, 0.2) is 30.6 Å². The van der Waals surface area contributed by atoms with Crippen molar-refractivity contribution in [3.8, 4) is 6.07 Å². The Balaban J connectivity index is 2.45. The van der Waals surface area contributed by atoms with Gasteiger partial charge in [-0.2, -0.15) is 10.4 Å². The van der Waals surface area contributed by atoms with Crippen molar-refractivity contribution < 1.29 is 4.92 Å². The molecule has 1 atom stereocenters. The van der Waals surface area contributed by atoms with Crippen LogP contribution in [0.1, 0.15) is 37.9 Å². The molecule has 0 aliphatic rings. The highest BCUT2D eigenvalue weighted by atomic mass is 16.6. The number of anilines is 1. The molecule has 0 fully saturated rings. The van der Waals surface area contributed by atoms with Gasteiger partial charge in [0, 0.05) is 24.9 Å². The summed E-state index contributed by atoms with van der Waals surface area (Å²) in [7, 11) is 1.83. The largest absolute Gasteiger partial charge is 0.372 e. The molecule has 0 aliphatic carbocycles. The van der Waals surface area contributed by atoms with E-state index in [4.69, 9.17) is 5.26 Å². The van der Waals surface area contributed by atoms with E-state index in [9.17, 15) is 10.1 Å². The van der Waals surface area contributed by atoms with Gasteiger partial charge in [-0.05, 0) is 17.5 Å². The molecule has 120 valence electrons. The molecule has 1 aromatic heterocycles. The van der Waals surface area contributed by atoms with Crippen molar-refractivity contribution in [2.24, 2.45) is 12.5 Å². The number of aryl methyl sites for hydroxylation is 1. The molecular weight excluding hydrogens is 294 g/mol. The van der Waals surface area contributed by atoms with Crippen LogP contribution in [0.3, 0.4) is 0 Å². The van der Waals surface area contributed by atoms with Gasteiger partial charge in [-0.15, -0.1) is 0 Å². The molecular formula is C16H19N5O2. The molecule has 0 saturated heterocycles. The van der Waals surface area contributed by atoms with Gasteiger partial charge < -0.3 is 5.32 Å². The lowest BCUT2D eigenvalue weighted by Gasteiger charge is -2.31. The maximum absolute atomic E-state index is 11.3. The fraction of sp³-hybridized carbons (Fsp3) is 0.375. The van der Waals surface area contributed by atoms with Crippen LogP contribution in [0.25, 0.3) is 0 Å². The van der Waals surface area contributed by atoms with Crippen molar-refractivity contribution in [3.05, 3.63) is 51.8 Å². The Labute approximate surface area is 134 Å². The van der Waals surface area contributed by atoms with Crippen LogP contribution in [-0.2, 0) is 7.05 Å². The summed E-state index contributed by atoms with van der Waals surface area (Å²) in [6.45, 7) is 6.15. The first-order valence-corrected chi connectivity index (χ1v) is 7.16. The van der Waals surface area contributed by atoms with E-state index in [-0.39, 0.29) is 22.7 Å². The third kappa shape index (κ3) is 3.66. The lowest BCUT2D eigenvalue weighted by atomic mass is 9.83. The number of nitrogens with one attached hydrogen (secondary N) is 1. The second-order valence-electron chi connectivity index (χ2n) is 6.49. The third-order valence-electron chi connectivity index (χ3n) is 3.55. The van der Waals surface area contributed by atoms with Gasteiger partial charge in [0.2, 0.25) is 0 Å². The van der Waals surface area contributed by atoms with Crippen molar-refractivity contribution in [3.63, 3.8) is 0 Å². The molecule has 23 heavy (non-hydrogen) atoms. The molecule has 0 radical (unpaired) electrons. The maximum Gasteiger partial charge on any atom is 0.293 e. The Bertz CT molecular complexity index is 768. The number of nitro benzene ring substituents is 1. The van der Waals surface area contributed by atoms with Crippen LogP contribution in [0.5, 0.6) is 0 Å². The zero-order valence-electron chi connectivity index (χ0n) is 13.6. The molecule has 0 amide bonds. The van der Waals surface area contributed by atoms with Crippen LogP contribution in [-0.4, -0.2) is 14.7 Å². The Kier molecular flexibility index (Phi) is 4.36. The number of nitriles is 1. The van der Waals surface area contributed by atoms with Gasteiger partial charge in [-0.25, -0.2) is 0 Å². The van der Waals surface area contributed by atoms with Crippen molar-refractivity contribution in [2.45, 2.75) is 26.8 Å². The smallest absolute Gasteiger partial charge is 0.293 e. The second-order valence-corrected chi connectivity index (χ2v) is 6.49. The average molecular weight is 313 g/mol. The van der Waals surface area contributed by atoms with E-state index in [0.717, 1.165) is 5.56 Å². The summed E-state index contributed by atoms with van der Waals surface area (Å²) in [4.78, 5) is 10.8. The highest BCUT2D eigenvalue weighted by Gasteiger charge is 2.29. The predicted octanol–water partition coefficient (Wildman–Crippen LogP) is 3.40. The minimum Gasteiger partial charge on any atom is -0.372 e. The molecule has 2 rings (SSSR count). The molecule has 7 nitrogen and oxygen atoms in total. The Hall–Kier alpha value is -2.88. The monoisotopic (exact) mass is 313 g/mol. The Morgan fingerprint density at radius 1 is 1.43 bits per heavy atom. The van der Waals surface area contributed by atoms with Gasteiger partial charge in [0.25, 0.3) is 5.69 Å². The number of hydrogen-bond acceptors (Lipinski definition) is 5. The standard InChI is InChI=1S/C16H19N5O2/c1-16(2,3)15(12-9-18-20(4)10-12)19-13-6-5-11(8-17)7-14(13)21(22)23/h5-7,9-10,15,19H,1-4H3/t15-/m0/s1. The quantitative estimate of drug-likeness (QED) is 0.689. The molecule has 0 spiro atoms. The first kappa shape index (κ1) is 16.5. The van der Waals surface area contributed by atoms with Gasteiger partial charge in [0.1, 0.15) is 5.69 Å². The maximum atomic E-state index is 11.3. The summed E-state index contributed by atoms with van der Waals surface area (Å²) in [5, 5.41) is 27.6. The average Bonchev–Trinajstić information content (AvgIpc) is 2.89. The van der Waals surface area contributed by atoms with E-state index >= 15 is 0 Å². The SMILES string of the molecule is Cn1cc([C@H](Nc2ccc(C#N)cc2[N+](=O)[O-])C(C)(C)C)cn1. The van der Waals surface area contributed by atoms with E-state index in [2.05, 4.69) is 10.4 Å². The molecule has 1 aromatic carbocycles. The summed E-state index contributed by atoms with van der Waals surface area (Å²) >= 11 is 0. The molecule has 1 N–H and O–H groups in total. The van der Waals surface area contributed by atoms with Crippen LogP contribution >= 0.6 is 0 Å². The molecule has 2 aromatic rings. The first-order valence-electron chi connectivity index (χ1n) is 7.16. The topological polar surface area (TPSA) is 96.8 Å². The van der Waals surface area contributed by atoms with Crippen molar-refractivity contribution in [1.29, 1.82) is 5.26 Å². The summed E-state index contributed by atoms with van der Waals surface area (Å²) in [5.74, 6) is 0. The van der Waals surface area contributed by atoms with E-state index in [1.165, 1.54) is 6.07 Å². The second kappa shape index (κ2) is 6.08. The fourth-order valence-corrected chi connectivity index (χ4v) is 2.42. The molecule has 0 bridgehead atoms. The molecule has 0 aliphatic heterocycles. The number of benzene rings is 1. The number of hydrogen-bond donors (Lipinski definition) is 1. The number of rotatable bonds is 4. The van der Waals surface area contributed by atoms with Gasteiger partial charge in [-0.1, -0.05) is 20.8 Å². The third-order valence-corrected chi connectivity index (χ3v) is 3.55. The highest BCUT2D eigenvalue weighted by molar-refractivity contribution is 5.65. The summed E-state index contributed by atoms with van der Waals surface area (Å²) < 4.78 is 1.70. The zero-order valence-corrected chi connectivity index (χ0v) is 13.6. The van der Waals surface area contributed by atoms with E-state index < -0.39 is 4.92 Å². The van der Waals surface area contributed by atoms with Crippen LogP contribution < -0.4 is 5.32 Å². The lowest BCUT2D eigenvalue weighted by molar-refractivity contribution is -0.384. The fourth-order valence-electron chi connectivity index (χ4n) is 2.42. The molecule has 0 unspecified atom stereocenters. The lowest BCUT2D eigenvalue weighted by Crippen LogP contribution is -2.25. The van der Waals surface area contributed by atoms with Crippen molar-refractivity contribution >= 4 is 11.4 Å². The Morgan fingerprint density at radius 3 is 2.61 bits per heavy atom. The Morgan fingerprint density at radius 2 is 2.13 bits per heavy atom. The van der Waals surface area contributed by atoms with Crippen molar-refractivity contribution in [2.75, 3.05) is 5.32 Å². The van der Waals surface area contributed by atoms with Gasteiger partial charge in [0.05, 0.1) is 28.8 Å². The molecule has 0 saturated carbocycles. The normalized spacial score (nSPS) is 12.5. The van der Waals surface area contributed by atoms with Crippen molar-refractivity contribution in [1.82, 2.24) is 9.78 Å². The van der Waals surface area contributed by atoms with E-state index in [1.807, 2.05) is 40.1 Å². The first-order chi connectivity index (χ1) is 10.7. The highest BCUT2D eigenvalue weighted by Crippen LogP contribution is 2.38. The zero-order chi connectivity index (χ0) is 17.2. The predicted molar refractivity (Wildman–Crippen MR) is 86.8 cm³/mol. The number of aromatic nitrogens is 2. The number of nitro groups is 1. The van der Waals surface area contributed by atoms with Gasteiger partial charge in [-0.3, -0.25) is 14.8 Å². The van der Waals surface area contributed by atoms with Gasteiger partial charge >= 0.3 is 0 Å². The minimum absolute atomic E-state index is 0.109. The summed E-state index contributed by atoms with van der Waals surface area (Å²) in [6, 6.07) is 6.18. The number of nitrogens with zero attached hydrogens (tertiary/aromatic N) is 4. The van der Waals surface area contributed by atoms with Crippen LogP contribution in [0, 0.1) is 26.9 Å². The van der Waals surface area contributed by atoms with Crippen LogP contribution in [0.2, 0.25) is 0 Å². The van der Waals surface area contributed by atoms with Gasteiger partial charge in [0.15, 0.2) is 0 Å². The minimum atomic E-state index is -0.480.